The number of hydrogen-bond acceptors (Lipinski definition) is 5. The zero-order valence-electron chi connectivity index (χ0n) is 15.9. The third-order valence-corrected chi connectivity index (χ3v) is 4.24. The number of rotatable bonds is 8. The lowest BCUT2D eigenvalue weighted by Gasteiger charge is -2.22. The van der Waals surface area contributed by atoms with Gasteiger partial charge in [0.1, 0.15) is 6.54 Å². The van der Waals surface area contributed by atoms with Gasteiger partial charge in [0, 0.05) is 18.7 Å². The Morgan fingerprint density at radius 1 is 1.11 bits per heavy atom. The summed E-state index contributed by atoms with van der Waals surface area (Å²) in [5.74, 6) is 0.458. The van der Waals surface area contributed by atoms with Crippen LogP contribution < -0.4 is 5.73 Å². The average Bonchev–Trinajstić information content (AvgIpc) is 3.15. The molecule has 0 atom stereocenters. The minimum absolute atomic E-state index is 0. The van der Waals surface area contributed by atoms with Crippen LogP contribution in [0.3, 0.4) is 0 Å². The molecule has 0 saturated heterocycles. The van der Waals surface area contributed by atoms with Crippen LogP contribution in [-0.4, -0.2) is 44.1 Å². The summed E-state index contributed by atoms with van der Waals surface area (Å²) in [7, 11) is 0. The molecule has 3 rings (SSSR count). The second kappa shape index (κ2) is 10.5. The van der Waals surface area contributed by atoms with Gasteiger partial charge in [0.05, 0.1) is 0 Å². The highest BCUT2D eigenvalue weighted by atomic mass is 35.5. The average molecular weight is 401 g/mol. The van der Waals surface area contributed by atoms with E-state index in [9.17, 15) is 4.79 Å². The SMILES string of the molecule is Cc1ccc(-c2nnn(CC(=O)N(CCCN)Cc3ccccc3)n2)cc1.Cl. The number of nitrogens with zero attached hydrogens (tertiary/aromatic N) is 5. The first-order valence-electron chi connectivity index (χ1n) is 9.02. The first-order chi connectivity index (χ1) is 13.2. The second-order valence-electron chi connectivity index (χ2n) is 6.45. The number of hydrogen-bond donors (Lipinski definition) is 1. The van der Waals surface area contributed by atoms with Crippen LogP contribution in [-0.2, 0) is 17.9 Å². The molecule has 0 unspecified atom stereocenters. The molecular weight excluding hydrogens is 376 g/mol. The lowest BCUT2D eigenvalue weighted by molar-refractivity contribution is -0.133. The molecular formula is C20H25ClN6O. The fourth-order valence-electron chi connectivity index (χ4n) is 2.73. The molecule has 0 saturated carbocycles. The Morgan fingerprint density at radius 3 is 2.50 bits per heavy atom. The predicted molar refractivity (Wildman–Crippen MR) is 111 cm³/mol. The standard InChI is InChI=1S/C20H24N6O.ClH/c1-16-8-10-18(11-9-16)20-22-24-26(23-20)15-19(27)25(13-5-12-21)14-17-6-3-2-4-7-17;/h2-4,6-11H,5,12-15,21H2,1H3;1H. The summed E-state index contributed by atoms with van der Waals surface area (Å²) in [5.41, 5.74) is 8.74. The Kier molecular flexibility index (Phi) is 8.10. The van der Waals surface area contributed by atoms with E-state index in [1.54, 1.807) is 4.90 Å². The van der Waals surface area contributed by atoms with E-state index < -0.39 is 0 Å². The first kappa shape index (κ1) is 21.5. The number of aromatic nitrogens is 4. The molecule has 0 radical (unpaired) electrons. The molecule has 1 heterocycles. The lowest BCUT2D eigenvalue weighted by Crippen LogP contribution is -2.35. The Morgan fingerprint density at radius 2 is 1.82 bits per heavy atom. The fraction of sp³-hybridized carbons (Fsp3) is 0.300. The number of benzene rings is 2. The van der Waals surface area contributed by atoms with Gasteiger partial charge in [0.2, 0.25) is 11.7 Å². The van der Waals surface area contributed by atoms with Gasteiger partial charge < -0.3 is 10.6 Å². The number of nitrogens with two attached hydrogens (primary N) is 1. The summed E-state index contributed by atoms with van der Waals surface area (Å²) in [4.78, 5) is 15.9. The molecule has 8 heteroatoms. The molecule has 2 aromatic carbocycles. The molecule has 0 bridgehead atoms. The van der Waals surface area contributed by atoms with Gasteiger partial charge >= 0.3 is 0 Å². The maximum absolute atomic E-state index is 12.8. The third-order valence-electron chi connectivity index (χ3n) is 4.24. The van der Waals surface area contributed by atoms with E-state index in [0.717, 1.165) is 23.1 Å². The smallest absolute Gasteiger partial charge is 0.246 e. The van der Waals surface area contributed by atoms with Crippen LogP contribution in [0.2, 0.25) is 0 Å². The predicted octanol–water partition coefficient (Wildman–Crippen LogP) is 2.45. The van der Waals surface area contributed by atoms with Gasteiger partial charge in [-0.3, -0.25) is 4.79 Å². The number of halogens is 1. The van der Waals surface area contributed by atoms with Gasteiger partial charge in [-0.15, -0.1) is 22.6 Å². The molecule has 28 heavy (non-hydrogen) atoms. The summed E-state index contributed by atoms with van der Waals surface area (Å²) in [6.45, 7) is 3.76. The minimum atomic E-state index is -0.0554. The van der Waals surface area contributed by atoms with Crippen LogP contribution in [0, 0.1) is 6.92 Å². The quantitative estimate of drug-likeness (QED) is 0.627. The maximum Gasteiger partial charge on any atom is 0.246 e. The molecule has 1 aromatic heterocycles. The topological polar surface area (TPSA) is 89.9 Å². The summed E-state index contributed by atoms with van der Waals surface area (Å²) < 4.78 is 0. The molecule has 0 aliphatic carbocycles. The first-order valence-corrected chi connectivity index (χ1v) is 9.02. The molecule has 7 nitrogen and oxygen atoms in total. The highest BCUT2D eigenvalue weighted by molar-refractivity contribution is 5.85. The largest absolute Gasteiger partial charge is 0.337 e. The van der Waals surface area contributed by atoms with Gasteiger partial charge in [0.25, 0.3) is 0 Å². The van der Waals surface area contributed by atoms with Crippen molar-refractivity contribution in [3.63, 3.8) is 0 Å². The van der Waals surface area contributed by atoms with Crippen LogP contribution in [0.4, 0.5) is 0 Å². The van der Waals surface area contributed by atoms with Crippen molar-refractivity contribution in [2.24, 2.45) is 5.73 Å². The van der Waals surface area contributed by atoms with Crippen molar-refractivity contribution in [3.8, 4) is 11.4 Å². The Balaban J connectivity index is 0.00000280. The van der Waals surface area contributed by atoms with Gasteiger partial charge in [-0.1, -0.05) is 60.2 Å². The monoisotopic (exact) mass is 400 g/mol. The Labute approximate surface area is 170 Å². The van der Waals surface area contributed by atoms with Crippen LogP contribution in [0.15, 0.2) is 54.6 Å². The zero-order chi connectivity index (χ0) is 19.1. The molecule has 3 aromatic rings. The summed E-state index contributed by atoms with van der Waals surface area (Å²) in [5, 5.41) is 12.4. The van der Waals surface area contributed by atoms with E-state index in [0.29, 0.717) is 25.5 Å². The van der Waals surface area contributed by atoms with Crippen molar-refractivity contribution in [1.82, 2.24) is 25.1 Å². The number of tetrazole rings is 1. The van der Waals surface area contributed by atoms with Crippen molar-refractivity contribution in [3.05, 3.63) is 65.7 Å². The van der Waals surface area contributed by atoms with Crippen LogP contribution in [0.1, 0.15) is 17.5 Å². The normalized spacial score (nSPS) is 10.4. The summed E-state index contributed by atoms with van der Waals surface area (Å²) in [6.07, 6.45) is 0.748. The number of aryl methyl sites for hydroxylation is 1. The molecule has 0 spiro atoms. The molecule has 148 valence electrons. The lowest BCUT2D eigenvalue weighted by atomic mass is 10.1. The van der Waals surface area contributed by atoms with E-state index in [1.807, 2.05) is 61.5 Å². The highest BCUT2D eigenvalue weighted by Crippen LogP contribution is 2.14. The van der Waals surface area contributed by atoms with Crippen molar-refractivity contribution in [2.75, 3.05) is 13.1 Å². The van der Waals surface area contributed by atoms with Crippen molar-refractivity contribution < 1.29 is 4.79 Å². The van der Waals surface area contributed by atoms with E-state index >= 15 is 0 Å². The van der Waals surface area contributed by atoms with E-state index in [4.69, 9.17) is 5.73 Å². The molecule has 1 amide bonds. The fourth-order valence-corrected chi connectivity index (χ4v) is 2.73. The highest BCUT2D eigenvalue weighted by Gasteiger charge is 2.16. The van der Waals surface area contributed by atoms with Gasteiger partial charge in [0.15, 0.2) is 0 Å². The van der Waals surface area contributed by atoms with Gasteiger partial charge in [-0.25, -0.2) is 0 Å². The van der Waals surface area contributed by atoms with Crippen LogP contribution >= 0.6 is 12.4 Å². The molecule has 0 aliphatic rings. The number of amides is 1. The van der Waals surface area contributed by atoms with E-state index in [1.165, 1.54) is 4.80 Å². The molecule has 0 aliphatic heterocycles. The van der Waals surface area contributed by atoms with Crippen LogP contribution in [0.25, 0.3) is 11.4 Å². The van der Waals surface area contributed by atoms with Crippen molar-refractivity contribution in [2.45, 2.75) is 26.4 Å². The zero-order valence-corrected chi connectivity index (χ0v) is 16.7. The van der Waals surface area contributed by atoms with Gasteiger partial charge in [-0.05, 0) is 30.7 Å². The van der Waals surface area contributed by atoms with Crippen LogP contribution in [0.5, 0.6) is 0 Å². The van der Waals surface area contributed by atoms with E-state index in [2.05, 4.69) is 15.4 Å². The second-order valence-corrected chi connectivity index (χ2v) is 6.45. The van der Waals surface area contributed by atoms with Crippen molar-refractivity contribution in [1.29, 1.82) is 0 Å². The molecule has 0 fully saturated rings. The maximum atomic E-state index is 12.8. The third kappa shape index (κ3) is 5.87. The van der Waals surface area contributed by atoms with E-state index in [-0.39, 0.29) is 24.9 Å². The molecule has 2 N–H and O–H groups in total. The minimum Gasteiger partial charge on any atom is -0.337 e. The number of carbonyl (C=O) groups is 1. The van der Waals surface area contributed by atoms with Gasteiger partial charge in [-0.2, -0.15) is 4.80 Å². The van der Waals surface area contributed by atoms with Crippen molar-refractivity contribution >= 4 is 18.3 Å². The number of carbonyl (C=O) groups excluding carboxylic acids is 1. The Bertz CT molecular complexity index is 866. The summed E-state index contributed by atoms with van der Waals surface area (Å²) >= 11 is 0. The Hall–Kier alpha value is -2.77. The summed E-state index contributed by atoms with van der Waals surface area (Å²) in [6, 6.07) is 17.8.